The molecule has 2 amide bonds. The lowest BCUT2D eigenvalue weighted by molar-refractivity contribution is -0.139. The van der Waals surface area contributed by atoms with Gasteiger partial charge in [0, 0.05) is 17.8 Å². The number of amides is 2. The molecule has 0 aliphatic heterocycles. The fraction of sp³-hybridized carbons (Fsp3) is 0.400. The maximum Gasteiger partial charge on any atom is 0.303 e. The van der Waals surface area contributed by atoms with Crippen LogP contribution in [0.3, 0.4) is 0 Å². The number of benzene rings is 1. The summed E-state index contributed by atoms with van der Waals surface area (Å²) in [5, 5.41) is 8.47. The number of carboxylic acid groups (broad SMARTS) is 1. The highest BCUT2D eigenvalue weighted by molar-refractivity contribution is 5.87. The molecule has 1 saturated carbocycles. The summed E-state index contributed by atoms with van der Waals surface area (Å²) in [4.78, 5) is 33.7. The van der Waals surface area contributed by atoms with Crippen LogP contribution in [0.2, 0.25) is 0 Å². The van der Waals surface area contributed by atoms with Crippen LogP contribution in [0.4, 0.5) is 0 Å². The Hall–Kier alpha value is -2.37. The van der Waals surface area contributed by atoms with Gasteiger partial charge in [-0.25, -0.2) is 0 Å². The topological polar surface area (TPSA) is 95.5 Å². The molecule has 1 aliphatic carbocycles. The lowest BCUT2D eigenvalue weighted by Gasteiger charge is -2.12. The van der Waals surface area contributed by atoms with Crippen LogP contribution in [-0.4, -0.2) is 22.9 Å². The van der Waals surface area contributed by atoms with Gasteiger partial charge in [0.2, 0.25) is 11.8 Å². The van der Waals surface area contributed by atoms with E-state index < -0.39 is 11.9 Å². The van der Waals surface area contributed by atoms with Crippen molar-refractivity contribution in [3.63, 3.8) is 0 Å². The van der Waals surface area contributed by atoms with Crippen molar-refractivity contribution in [2.75, 3.05) is 0 Å². The lowest BCUT2D eigenvalue weighted by atomic mass is 9.95. The molecule has 0 spiro atoms. The van der Waals surface area contributed by atoms with Crippen molar-refractivity contribution in [1.29, 1.82) is 0 Å². The summed E-state index contributed by atoms with van der Waals surface area (Å²) < 4.78 is 0. The van der Waals surface area contributed by atoms with E-state index in [9.17, 15) is 14.4 Å². The van der Waals surface area contributed by atoms with E-state index in [0.29, 0.717) is 0 Å². The van der Waals surface area contributed by atoms with Crippen LogP contribution in [0.25, 0.3) is 0 Å². The van der Waals surface area contributed by atoms with Crippen LogP contribution in [0.5, 0.6) is 0 Å². The SMILES string of the molecule is C[C@]1(c2ccccc2)C[C@@H]1C(=O)NNC(=O)CCC(=O)O. The average Bonchev–Trinajstić information content (AvgIpc) is 3.17. The zero-order valence-electron chi connectivity index (χ0n) is 11.8. The van der Waals surface area contributed by atoms with Crippen LogP contribution in [0.15, 0.2) is 30.3 Å². The fourth-order valence-corrected chi connectivity index (χ4v) is 2.39. The number of aliphatic carboxylic acids is 1. The first-order valence-corrected chi connectivity index (χ1v) is 6.79. The molecule has 1 aliphatic rings. The molecule has 0 radical (unpaired) electrons. The molecule has 0 saturated heterocycles. The minimum absolute atomic E-state index is 0.157. The summed E-state index contributed by atoms with van der Waals surface area (Å²) in [5.74, 6) is -1.98. The second-order valence-corrected chi connectivity index (χ2v) is 5.47. The molecule has 1 fully saturated rings. The maximum atomic E-state index is 12.0. The summed E-state index contributed by atoms with van der Waals surface area (Å²) >= 11 is 0. The van der Waals surface area contributed by atoms with Crippen molar-refractivity contribution < 1.29 is 19.5 Å². The number of hydrogen-bond acceptors (Lipinski definition) is 3. The molecule has 0 bridgehead atoms. The Morgan fingerprint density at radius 2 is 1.86 bits per heavy atom. The largest absolute Gasteiger partial charge is 0.481 e. The molecule has 0 heterocycles. The van der Waals surface area contributed by atoms with Gasteiger partial charge in [-0.15, -0.1) is 0 Å². The van der Waals surface area contributed by atoms with E-state index in [-0.39, 0.29) is 30.1 Å². The van der Waals surface area contributed by atoms with Gasteiger partial charge in [0.05, 0.1) is 6.42 Å². The fourth-order valence-electron chi connectivity index (χ4n) is 2.39. The second kappa shape index (κ2) is 5.95. The first-order chi connectivity index (χ1) is 9.93. The van der Waals surface area contributed by atoms with E-state index in [1.807, 2.05) is 37.3 Å². The van der Waals surface area contributed by atoms with E-state index >= 15 is 0 Å². The van der Waals surface area contributed by atoms with Gasteiger partial charge in [-0.1, -0.05) is 37.3 Å². The van der Waals surface area contributed by atoms with Gasteiger partial charge in [-0.3, -0.25) is 25.2 Å². The van der Waals surface area contributed by atoms with Crippen LogP contribution < -0.4 is 10.9 Å². The molecule has 21 heavy (non-hydrogen) atoms. The summed E-state index contributed by atoms with van der Waals surface area (Å²) in [6.07, 6.45) is 0.316. The molecule has 3 N–H and O–H groups in total. The summed E-state index contributed by atoms with van der Waals surface area (Å²) in [7, 11) is 0. The van der Waals surface area contributed by atoms with Gasteiger partial charge in [0.15, 0.2) is 0 Å². The zero-order chi connectivity index (χ0) is 15.5. The van der Waals surface area contributed by atoms with Crippen LogP contribution in [0.1, 0.15) is 31.7 Å². The zero-order valence-corrected chi connectivity index (χ0v) is 11.8. The van der Waals surface area contributed by atoms with Gasteiger partial charge in [0.1, 0.15) is 0 Å². The highest BCUT2D eigenvalue weighted by Crippen LogP contribution is 2.53. The molecule has 112 valence electrons. The Morgan fingerprint density at radius 3 is 2.48 bits per heavy atom. The third kappa shape index (κ3) is 3.59. The smallest absolute Gasteiger partial charge is 0.303 e. The molecule has 0 aromatic heterocycles. The van der Waals surface area contributed by atoms with Gasteiger partial charge in [-0.05, 0) is 12.0 Å². The molecule has 6 heteroatoms. The van der Waals surface area contributed by atoms with Crippen molar-refractivity contribution in [3.05, 3.63) is 35.9 Å². The molecule has 6 nitrogen and oxygen atoms in total. The number of carbonyl (C=O) groups is 3. The molecule has 1 aromatic rings. The summed E-state index contributed by atoms with van der Waals surface area (Å²) in [5.41, 5.74) is 5.51. The Labute approximate surface area is 122 Å². The highest BCUT2D eigenvalue weighted by Gasteiger charge is 2.55. The van der Waals surface area contributed by atoms with Gasteiger partial charge < -0.3 is 5.11 Å². The molecule has 2 atom stereocenters. The number of rotatable bonds is 5. The van der Waals surface area contributed by atoms with Crippen molar-refractivity contribution in [3.8, 4) is 0 Å². The first-order valence-electron chi connectivity index (χ1n) is 6.79. The third-order valence-electron chi connectivity index (χ3n) is 3.88. The highest BCUT2D eigenvalue weighted by atomic mass is 16.4. The number of hydrazine groups is 1. The molecule has 1 aromatic carbocycles. The number of hydrogen-bond donors (Lipinski definition) is 3. The van der Waals surface area contributed by atoms with Crippen molar-refractivity contribution in [1.82, 2.24) is 10.9 Å². The first kappa shape index (κ1) is 15.0. The molecule has 2 rings (SSSR count). The second-order valence-electron chi connectivity index (χ2n) is 5.47. The van der Waals surface area contributed by atoms with Crippen LogP contribution in [0, 0.1) is 5.92 Å². The van der Waals surface area contributed by atoms with Crippen molar-refractivity contribution in [2.24, 2.45) is 5.92 Å². The van der Waals surface area contributed by atoms with Gasteiger partial charge >= 0.3 is 5.97 Å². The van der Waals surface area contributed by atoms with Crippen molar-refractivity contribution >= 4 is 17.8 Å². The van der Waals surface area contributed by atoms with Gasteiger partial charge in [0.25, 0.3) is 0 Å². The summed E-state index contributed by atoms with van der Waals surface area (Å²) in [6.45, 7) is 2.01. The summed E-state index contributed by atoms with van der Waals surface area (Å²) in [6, 6.07) is 9.76. The quantitative estimate of drug-likeness (QED) is 0.704. The molecule has 0 unspecified atom stereocenters. The third-order valence-corrected chi connectivity index (χ3v) is 3.88. The lowest BCUT2D eigenvalue weighted by Crippen LogP contribution is -2.43. The predicted octanol–water partition coefficient (Wildman–Crippen LogP) is 0.976. The number of carboxylic acids is 1. The van der Waals surface area contributed by atoms with Gasteiger partial charge in [-0.2, -0.15) is 0 Å². The van der Waals surface area contributed by atoms with E-state index in [1.54, 1.807) is 0 Å². The normalized spacial score (nSPS) is 23.2. The van der Waals surface area contributed by atoms with E-state index in [1.165, 1.54) is 0 Å². The van der Waals surface area contributed by atoms with Crippen LogP contribution in [-0.2, 0) is 19.8 Å². The minimum atomic E-state index is -1.05. The average molecular weight is 290 g/mol. The number of carbonyl (C=O) groups excluding carboxylic acids is 2. The Morgan fingerprint density at radius 1 is 1.19 bits per heavy atom. The minimum Gasteiger partial charge on any atom is -0.481 e. The standard InChI is InChI=1S/C15H18N2O4/c1-15(10-5-3-2-4-6-10)9-11(15)14(21)17-16-12(18)7-8-13(19)20/h2-6,11H,7-9H2,1H3,(H,16,18)(H,17,21)(H,19,20)/t11-,15-/m1/s1. The number of nitrogens with one attached hydrogen (secondary N) is 2. The van der Waals surface area contributed by atoms with E-state index in [4.69, 9.17) is 5.11 Å². The maximum absolute atomic E-state index is 12.0. The molecular weight excluding hydrogens is 272 g/mol. The Bertz CT molecular complexity index is 558. The molecular formula is C15H18N2O4. The van der Waals surface area contributed by atoms with Crippen LogP contribution >= 0.6 is 0 Å². The predicted molar refractivity (Wildman–Crippen MR) is 75.1 cm³/mol. The Balaban J connectivity index is 1.81. The Kier molecular flexibility index (Phi) is 4.26. The van der Waals surface area contributed by atoms with E-state index in [2.05, 4.69) is 10.9 Å². The monoisotopic (exact) mass is 290 g/mol. The van der Waals surface area contributed by atoms with E-state index in [0.717, 1.165) is 12.0 Å². The van der Waals surface area contributed by atoms with Crippen molar-refractivity contribution in [2.45, 2.75) is 31.6 Å².